The number of hydrogen-bond donors (Lipinski definition) is 2. The third-order valence-corrected chi connectivity index (χ3v) is 6.16. The molecule has 1 fully saturated rings. The van der Waals surface area contributed by atoms with Crippen molar-refractivity contribution in [2.75, 3.05) is 25.0 Å². The Morgan fingerprint density at radius 1 is 1.16 bits per heavy atom. The average molecular weight is 367 g/mol. The van der Waals surface area contributed by atoms with Gasteiger partial charge in [-0.25, -0.2) is 8.42 Å². The van der Waals surface area contributed by atoms with Gasteiger partial charge in [0, 0.05) is 38.7 Å². The molecule has 138 valence electrons. The van der Waals surface area contributed by atoms with E-state index in [0.717, 1.165) is 12.8 Å². The van der Waals surface area contributed by atoms with Crippen LogP contribution in [0.25, 0.3) is 0 Å². The molecule has 0 unspecified atom stereocenters. The van der Waals surface area contributed by atoms with Crippen LogP contribution in [0, 0.1) is 5.92 Å². The lowest BCUT2D eigenvalue weighted by Gasteiger charge is -2.29. The van der Waals surface area contributed by atoms with Crippen molar-refractivity contribution in [3.8, 4) is 0 Å². The van der Waals surface area contributed by atoms with E-state index in [1.807, 2.05) is 0 Å². The highest BCUT2D eigenvalue weighted by Gasteiger charge is 2.27. The monoisotopic (exact) mass is 367 g/mol. The summed E-state index contributed by atoms with van der Waals surface area (Å²) in [5.74, 6) is 0.130. The minimum atomic E-state index is -3.48. The van der Waals surface area contributed by atoms with Gasteiger partial charge in [-0.1, -0.05) is 6.92 Å². The number of amides is 2. The Labute approximate surface area is 148 Å². The number of anilines is 1. The summed E-state index contributed by atoms with van der Waals surface area (Å²) in [6.45, 7) is 4.88. The number of hydrogen-bond acceptors (Lipinski definition) is 4. The molecule has 7 nitrogen and oxygen atoms in total. The number of carbonyl (C=O) groups is 2. The molecule has 2 amide bonds. The molecule has 2 rings (SSSR count). The Bertz CT molecular complexity index is 708. The first-order valence-corrected chi connectivity index (χ1v) is 9.87. The minimum absolute atomic E-state index is 0.158. The predicted octanol–water partition coefficient (Wildman–Crippen LogP) is 1.57. The van der Waals surface area contributed by atoms with Crippen LogP contribution in [0.3, 0.4) is 0 Å². The fourth-order valence-corrected chi connectivity index (χ4v) is 4.13. The van der Waals surface area contributed by atoms with Crippen LogP contribution < -0.4 is 10.6 Å². The van der Waals surface area contributed by atoms with Crippen LogP contribution >= 0.6 is 0 Å². The molecular weight excluding hydrogens is 342 g/mol. The first-order valence-electron chi connectivity index (χ1n) is 8.43. The fourth-order valence-electron chi connectivity index (χ4n) is 2.66. The van der Waals surface area contributed by atoms with E-state index in [-0.39, 0.29) is 29.7 Å². The van der Waals surface area contributed by atoms with Crippen molar-refractivity contribution in [2.24, 2.45) is 5.92 Å². The van der Waals surface area contributed by atoms with Crippen molar-refractivity contribution >= 4 is 27.5 Å². The van der Waals surface area contributed by atoms with E-state index in [9.17, 15) is 18.0 Å². The number of benzene rings is 1. The standard InChI is InChI=1S/C17H25N3O4S/c1-13-8-11-20(12-9-13)25(23,24)16-5-3-15(4-6-16)19-17(22)7-10-18-14(2)21/h3-6,13H,7-12H2,1-2H3,(H,18,21)(H,19,22). The van der Waals surface area contributed by atoms with Crippen molar-refractivity contribution < 1.29 is 18.0 Å². The van der Waals surface area contributed by atoms with E-state index in [4.69, 9.17) is 0 Å². The van der Waals surface area contributed by atoms with Gasteiger partial charge in [0.05, 0.1) is 4.90 Å². The summed E-state index contributed by atoms with van der Waals surface area (Å²) in [5.41, 5.74) is 0.527. The number of nitrogens with one attached hydrogen (secondary N) is 2. The molecule has 0 aromatic heterocycles. The zero-order chi connectivity index (χ0) is 18.4. The van der Waals surface area contributed by atoms with E-state index >= 15 is 0 Å². The highest BCUT2D eigenvalue weighted by Crippen LogP contribution is 2.24. The first kappa shape index (κ1) is 19.4. The molecule has 1 aliphatic heterocycles. The quantitative estimate of drug-likeness (QED) is 0.798. The minimum Gasteiger partial charge on any atom is -0.356 e. The second kappa shape index (κ2) is 8.44. The maximum atomic E-state index is 12.6. The number of nitrogens with zero attached hydrogens (tertiary/aromatic N) is 1. The molecule has 0 atom stereocenters. The van der Waals surface area contributed by atoms with Gasteiger partial charge >= 0.3 is 0 Å². The number of rotatable bonds is 6. The van der Waals surface area contributed by atoms with Crippen LogP contribution in [0.5, 0.6) is 0 Å². The zero-order valence-electron chi connectivity index (χ0n) is 14.6. The normalized spacial score (nSPS) is 16.4. The van der Waals surface area contributed by atoms with Crippen molar-refractivity contribution in [3.63, 3.8) is 0 Å². The van der Waals surface area contributed by atoms with Crippen LogP contribution in [0.2, 0.25) is 0 Å². The predicted molar refractivity (Wildman–Crippen MR) is 95.5 cm³/mol. The fraction of sp³-hybridized carbons (Fsp3) is 0.529. The lowest BCUT2D eigenvalue weighted by molar-refractivity contribution is -0.119. The zero-order valence-corrected chi connectivity index (χ0v) is 15.4. The Morgan fingerprint density at radius 3 is 2.32 bits per heavy atom. The SMILES string of the molecule is CC(=O)NCCC(=O)Nc1ccc(S(=O)(=O)N2CCC(C)CC2)cc1. The molecule has 1 aliphatic rings. The second-order valence-electron chi connectivity index (χ2n) is 6.39. The van der Waals surface area contributed by atoms with Crippen molar-refractivity contribution in [2.45, 2.75) is 38.0 Å². The van der Waals surface area contributed by atoms with E-state index in [0.29, 0.717) is 24.7 Å². The molecule has 0 radical (unpaired) electrons. The third kappa shape index (κ3) is 5.54. The molecular formula is C17H25N3O4S. The average Bonchev–Trinajstić information content (AvgIpc) is 2.55. The van der Waals surface area contributed by atoms with Gasteiger partial charge in [-0.3, -0.25) is 9.59 Å². The van der Waals surface area contributed by atoms with Gasteiger partial charge in [0.15, 0.2) is 0 Å². The van der Waals surface area contributed by atoms with E-state index in [1.54, 1.807) is 12.1 Å². The summed E-state index contributed by atoms with van der Waals surface area (Å²) >= 11 is 0. The molecule has 0 aliphatic carbocycles. The van der Waals surface area contributed by atoms with Gasteiger partial charge < -0.3 is 10.6 Å². The van der Waals surface area contributed by atoms with Gasteiger partial charge in [0.25, 0.3) is 0 Å². The highest BCUT2D eigenvalue weighted by molar-refractivity contribution is 7.89. The van der Waals surface area contributed by atoms with Gasteiger partial charge in [-0.15, -0.1) is 0 Å². The molecule has 0 bridgehead atoms. The molecule has 1 saturated heterocycles. The van der Waals surface area contributed by atoms with Gasteiger partial charge in [-0.05, 0) is 43.0 Å². The van der Waals surface area contributed by atoms with Crippen LogP contribution in [0.1, 0.15) is 33.1 Å². The Morgan fingerprint density at radius 2 is 1.76 bits per heavy atom. The van der Waals surface area contributed by atoms with Gasteiger partial charge in [-0.2, -0.15) is 4.31 Å². The molecule has 2 N–H and O–H groups in total. The van der Waals surface area contributed by atoms with Crippen molar-refractivity contribution in [3.05, 3.63) is 24.3 Å². The number of sulfonamides is 1. The van der Waals surface area contributed by atoms with Crippen LogP contribution in [-0.2, 0) is 19.6 Å². The summed E-state index contributed by atoms with van der Waals surface area (Å²) in [5, 5.41) is 5.23. The Balaban J connectivity index is 1.94. The summed E-state index contributed by atoms with van der Waals surface area (Å²) in [6, 6.07) is 6.18. The lowest BCUT2D eigenvalue weighted by atomic mass is 10.0. The van der Waals surface area contributed by atoms with E-state index in [1.165, 1.54) is 23.4 Å². The first-order chi connectivity index (χ1) is 11.8. The van der Waals surface area contributed by atoms with Crippen LogP contribution in [-0.4, -0.2) is 44.2 Å². The van der Waals surface area contributed by atoms with Crippen LogP contribution in [0.15, 0.2) is 29.2 Å². The van der Waals surface area contributed by atoms with E-state index < -0.39 is 10.0 Å². The highest BCUT2D eigenvalue weighted by atomic mass is 32.2. The second-order valence-corrected chi connectivity index (χ2v) is 8.33. The summed E-state index contributed by atoms with van der Waals surface area (Å²) in [6.07, 6.45) is 1.91. The third-order valence-electron chi connectivity index (χ3n) is 4.24. The number of carbonyl (C=O) groups excluding carboxylic acids is 2. The largest absolute Gasteiger partial charge is 0.356 e. The van der Waals surface area contributed by atoms with Gasteiger partial charge in [0.1, 0.15) is 0 Å². The van der Waals surface area contributed by atoms with Crippen molar-refractivity contribution in [1.29, 1.82) is 0 Å². The maximum Gasteiger partial charge on any atom is 0.243 e. The van der Waals surface area contributed by atoms with Crippen LogP contribution in [0.4, 0.5) is 5.69 Å². The Hall–Kier alpha value is -1.93. The molecule has 1 heterocycles. The molecule has 25 heavy (non-hydrogen) atoms. The summed E-state index contributed by atoms with van der Waals surface area (Å²) in [7, 11) is -3.48. The topological polar surface area (TPSA) is 95.6 Å². The molecule has 1 aromatic rings. The van der Waals surface area contributed by atoms with Crippen molar-refractivity contribution in [1.82, 2.24) is 9.62 Å². The molecule has 0 spiro atoms. The number of piperidine rings is 1. The molecule has 1 aromatic carbocycles. The molecule has 8 heteroatoms. The maximum absolute atomic E-state index is 12.6. The van der Waals surface area contributed by atoms with Gasteiger partial charge in [0.2, 0.25) is 21.8 Å². The summed E-state index contributed by atoms with van der Waals surface area (Å²) < 4.78 is 26.8. The molecule has 0 saturated carbocycles. The van der Waals surface area contributed by atoms with E-state index in [2.05, 4.69) is 17.6 Å². The summed E-state index contributed by atoms with van der Waals surface area (Å²) in [4.78, 5) is 22.8. The Kier molecular flexibility index (Phi) is 6.55. The lowest BCUT2D eigenvalue weighted by Crippen LogP contribution is -2.37. The smallest absolute Gasteiger partial charge is 0.243 e.